The van der Waals surface area contributed by atoms with E-state index >= 15 is 0 Å². The van der Waals surface area contributed by atoms with Gasteiger partial charge in [-0.25, -0.2) is 0 Å². The Morgan fingerprint density at radius 2 is 1.94 bits per heavy atom. The van der Waals surface area contributed by atoms with Gasteiger partial charge in [0.1, 0.15) is 0 Å². The van der Waals surface area contributed by atoms with Crippen molar-refractivity contribution >= 4 is 17.7 Å². The number of rotatable bonds is 4. The summed E-state index contributed by atoms with van der Waals surface area (Å²) < 4.78 is 0. The SMILES string of the molecule is O=C1CCCCCN1CCSc1ccccc1. The predicted octanol–water partition coefficient (Wildman–Crippen LogP) is 3.18. The number of amides is 1. The number of hydrogen-bond donors (Lipinski definition) is 0. The fourth-order valence-electron chi connectivity index (χ4n) is 2.07. The number of nitrogens with zero attached hydrogens (tertiary/aromatic N) is 1. The van der Waals surface area contributed by atoms with Crippen molar-refractivity contribution < 1.29 is 4.79 Å². The van der Waals surface area contributed by atoms with Crippen LogP contribution in [0, 0.1) is 0 Å². The van der Waals surface area contributed by atoms with Crippen LogP contribution in [0.3, 0.4) is 0 Å². The third kappa shape index (κ3) is 4.08. The number of hydrogen-bond acceptors (Lipinski definition) is 2. The van der Waals surface area contributed by atoms with Gasteiger partial charge in [0.05, 0.1) is 0 Å². The second-order valence-corrected chi connectivity index (χ2v) is 5.52. The summed E-state index contributed by atoms with van der Waals surface area (Å²) in [5.41, 5.74) is 0. The first kappa shape index (κ1) is 12.5. The molecule has 1 amide bonds. The minimum atomic E-state index is 0.344. The van der Waals surface area contributed by atoms with Crippen LogP contribution < -0.4 is 0 Å². The van der Waals surface area contributed by atoms with Crippen LogP contribution in [0.2, 0.25) is 0 Å². The molecule has 0 N–H and O–H groups in total. The minimum absolute atomic E-state index is 0.344. The number of likely N-dealkylation sites (tertiary alicyclic amines) is 1. The molecule has 2 rings (SSSR count). The van der Waals surface area contributed by atoms with Crippen molar-refractivity contribution in [2.45, 2.75) is 30.6 Å². The molecule has 1 heterocycles. The van der Waals surface area contributed by atoms with Gasteiger partial charge >= 0.3 is 0 Å². The third-order valence-corrected chi connectivity index (χ3v) is 4.04. The van der Waals surface area contributed by atoms with Crippen LogP contribution in [0.15, 0.2) is 35.2 Å². The molecule has 1 fully saturated rings. The van der Waals surface area contributed by atoms with Crippen LogP contribution in [0.1, 0.15) is 25.7 Å². The maximum atomic E-state index is 11.8. The molecule has 0 unspecified atom stereocenters. The Labute approximate surface area is 107 Å². The second kappa shape index (κ2) is 6.70. The maximum Gasteiger partial charge on any atom is 0.222 e. The fourth-order valence-corrected chi connectivity index (χ4v) is 2.96. The average Bonchev–Trinajstić information content (AvgIpc) is 2.56. The Bertz CT molecular complexity index is 352. The Hall–Kier alpha value is -0.960. The molecule has 1 aromatic rings. The second-order valence-electron chi connectivity index (χ2n) is 4.35. The van der Waals surface area contributed by atoms with E-state index in [4.69, 9.17) is 0 Å². The van der Waals surface area contributed by atoms with Gasteiger partial charge in [-0.2, -0.15) is 0 Å². The predicted molar refractivity (Wildman–Crippen MR) is 72.2 cm³/mol. The zero-order valence-electron chi connectivity index (χ0n) is 10.1. The first-order chi connectivity index (χ1) is 8.36. The van der Waals surface area contributed by atoms with Gasteiger partial charge in [0.25, 0.3) is 0 Å². The Morgan fingerprint density at radius 3 is 2.76 bits per heavy atom. The summed E-state index contributed by atoms with van der Waals surface area (Å²) in [5.74, 6) is 1.34. The highest BCUT2D eigenvalue weighted by Crippen LogP contribution is 2.18. The van der Waals surface area contributed by atoms with Crippen LogP contribution in [0.25, 0.3) is 0 Å². The lowest BCUT2D eigenvalue weighted by molar-refractivity contribution is -0.130. The van der Waals surface area contributed by atoms with Crippen molar-refractivity contribution in [1.29, 1.82) is 0 Å². The molecule has 0 saturated carbocycles. The van der Waals surface area contributed by atoms with Crippen LogP contribution >= 0.6 is 11.8 Å². The Morgan fingerprint density at radius 1 is 1.12 bits per heavy atom. The molecule has 1 saturated heterocycles. The standard InChI is InChI=1S/C14H19NOS/c16-14-9-5-2-6-10-15(14)11-12-17-13-7-3-1-4-8-13/h1,3-4,7-8H,2,5-6,9-12H2. The van der Waals surface area contributed by atoms with E-state index in [0.29, 0.717) is 5.91 Å². The van der Waals surface area contributed by atoms with Crippen LogP contribution in [-0.4, -0.2) is 29.6 Å². The van der Waals surface area contributed by atoms with Gasteiger partial charge in [0, 0.05) is 30.2 Å². The number of thioether (sulfide) groups is 1. The quantitative estimate of drug-likeness (QED) is 0.764. The van der Waals surface area contributed by atoms with Crippen molar-refractivity contribution in [3.05, 3.63) is 30.3 Å². The molecule has 0 radical (unpaired) electrons. The number of carbonyl (C=O) groups is 1. The normalized spacial score (nSPS) is 16.9. The van der Waals surface area contributed by atoms with E-state index < -0.39 is 0 Å². The van der Waals surface area contributed by atoms with Gasteiger partial charge in [0.15, 0.2) is 0 Å². The summed E-state index contributed by atoms with van der Waals surface area (Å²) in [6.45, 7) is 1.84. The van der Waals surface area contributed by atoms with E-state index in [-0.39, 0.29) is 0 Å². The monoisotopic (exact) mass is 249 g/mol. The Kier molecular flexibility index (Phi) is 4.92. The van der Waals surface area contributed by atoms with Crippen molar-refractivity contribution in [2.75, 3.05) is 18.8 Å². The van der Waals surface area contributed by atoms with Gasteiger partial charge in [-0.3, -0.25) is 4.79 Å². The molecule has 0 bridgehead atoms. The molecule has 3 heteroatoms. The molecule has 1 aromatic carbocycles. The highest BCUT2D eigenvalue weighted by molar-refractivity contribution is 7.99. The van der Waals surface area contributed by atoms with E-state index in [9.17, 15) is 4.79 Å². The van der Waals surface area contributed by atoms with E-state index in [1.807, 2.05) is 22.7 Å². The van der Waals surface area contributed by atoms with Crippen LogP contribution in [0.4, 0.5) is 0 Å². The van der Waals surface area contributed by atoms with Gasteiger partial charge in [-0.05, 0) is 25.0 Å². The summed E-state index contributed by atoms with van der Waals surface area (Å²) in [4.78, 5) is 15.1. The van der Waals surface area contributed by atoms with Gasteiger partial charge in [-0.1, -0.05) is 24.6 Å². The topological polar surface area (TPSA) is 20.3 Å². The summed E-state index contributed by atoms with van der Waals surface area (Å²) in [7, 11) is 0. The first-order valence-corrected chi connectivity index (χ1v) is 7.30. The lowest BCUT2D eigenvalue weighted by Crippen LogP contribution is -2.32. The molecule has 0 aliphatic carbocycles. The third-order valence-electron chi connectivity index (χ3n) is 3.04. The van der Waals surface area contributed by atoms with Gasteiger partial charge in [0.2, 0.25) is 5.91 Å². The largest absolute Gasteiger partial charge is 0.342 e. The van der Waals surface area contributed by atoms with Crippen molar-refractivity contribution in [3.8, 4) is 0 Å². The molecule has 17 heavy (non-hydrogen) atoms. The molecule has 2 nitrogen and oxygen atoms in total. The highest BCUT2D eigenvalue weighted by Gasteiger charge is 2.15. The molecule has 1 aliphatic rings. The number of carbonyl (C=O) groups excluding carboxylic acids is 1. The average molecular weight is 249 g/mol. The lowest BCUT2D eigenvalue weighted by atomic mass is 10.2. The summed E-state index contributed by atoms with van der Waals surface area (Å²) in [6.07, 6.45) is 4.19. The highest BCUT2D eigenvalue weighted by atomic mass is 32.2. The number of benzene rings is 1. The van der Waals surface area contributed by atoms with Crippen molar-refractivity contribution in [3.63, 3.8) is 0 Å². The molecule has 0 atom stereocenters. The molecule has 1 aliphatic heterocycles. The fraction of sp³-hybridized carbons (Fsp3) is 0.500. The van der Waals surface area contributed by atoms with Gasteiger partial charge in [-0.15, -0.1) is 11.8 Å². The maximum absolute atomic E-state index is 11.8. The van der Waals surface area contributed by atoms with Crippen molar-refractivity contribution in [1.82, 2.24) is 4.90 Å². The zero-order chi connectivity index (χ0) is 11.9. The van der Waals surface area contributed by atoms with Crippen LogP contribution in [-0.2, 0) is 4.79 Å². The molecular formula is C14H19NOS. The van der Waals surface area contributed by atoms with E-state index in [2.05, 4.69) is 24.3 Å². The molecule has 0 aromatic heterocycles. The molecule has 0 spiro atoms. The van der Waals surface area contributed by atoms with Crippen molar-refractivity contribution in [2.24, 2.45) is 0 Å². The molecule has 92 valence electrons. The summed E-state index contributed by atoms with van der Waals surface area (Å²) in [5, 5.41) is 0. The lowest BCUT2D eigenvalue weighted by Gasteiger charge is -2.20. The van der Waals surface area contributed by atoms with Gasteiger partial charge < -0.3 is 4.90 Å². The smallest absolute Gasteiger partial charge is 0.222 e. The Balaban J connectivity index is 1.75. The summed E-state index contributed by atoms with van der Waals surface area (Å²) >= 11 is 1.83. The minimum Gasteiger partial charge on any atom is -0.342 e. The summed E-state index contributed by atoms with van der Waals surface area (Å²) in [6, 6.07) is 10.4. The molecular weight excluding hydrogens is 230 g/mol. The zero-order valence-corrected chi connectivity index (χ0v) is 10.9. The van der Waals surface area contributed by atoms with E-state index in [1.165, 1.54) is 17.7 Å². The first-order valence-electron chi connectivity index (χ1n) is 6.32. The van der Waals surface area contributed by atoms with Crippen LogP contribution in [0.5, 0.6) is 0 Å². The van der Waals surface area contributed by atoms with E-state index in [1.54, 1.807) is 0 Å². The van der Waals surface area contributed by atoms with E-state index in [0.717, 1.165) is 31.7 Å².